The molecule has 31 heavy (non-hydrogen) atoms. The van der Waals surface area contributed by atoms with E-state index in [1.807, 2.05) is 12.1 Å². The van der Waals surface area contributed by atoms with Gasteiger partial charge in [-0.3, -0.25) is 14.6 Å². The van der Waals surface area contributed by atoms with Gasteiger partial charge in [-0.05, 0) is 42.0 Å². The second-order valence-corrected chi connectivity index (χ2v) is 6.49. The first-order chi connectivity index (χ1) is 15.0. The van der Waals surface area contributed by atoms with E-state index in [-0.39, 0.29) is 11.8 Å². The Morgan fingerprint density at radius 3 is 2.10 bits per heavy atom. The maximum Gasteiger partial charge on any atom is 0.257 e. The number of pyridine rings is 1. The van der Waals surface area contributed by atoms with Crippen molar-refractivity contribution in [3.05, 3.63) is 77.6 Å². The smallest absolute Gasteiger partial charge is 0.257 e. The van der Waals surface area contributed by atoms with Crippen LogP contribution in [0.1, 0.15) is 26.3 Å². The summed E-state index contributed by atoms with van der Waals surface area (Å²) in [7, 11) is 4.49. The van der Waals surface area contributed by atoms with Crippen molar-refractivity contribution >= 4 is 17.5 Å². The van der Waals surface area contributed by atoms with Gasteiger partial charge in [-0.15, -0.1) is 0 Å². The number of anilines is 1. The largest absolute Gasteiger partial charge is 0.493 e. The Hall–Kier alpha value is -4.07. The van der Waals surface area contributed by atoms with Crippen molar-refractivity contribution < 1.29 is 23.8 Å². The van der Waals surface area contributed by atoms with Gasteiger partial charge in [0.15, 0.2) is 11.5 Å². The van der Waals surface area contributed by atoms with Crippen molar-refractivity contribution in [1.29, 1.82) is 0 Å². The maximum absolute atomic E-state index is 12.6. The quantitative estimate of drug-likeness (QED) is 0.579. The van der Waals surface area contributed by atoms with E-state index in [0.717, 1.165) is 5.56 Å². The van der Waals surface area contributed by atoms with Crippen molar-refractivity contribution in [2.24, 2.45) is 0 Å². The molecule has 0 aliphatic carbocycles. The van der Waals surface area contributed by atoms with Crippen LogP contribution in [0.25, 0.3) is 0 Å². The summed E-state index contributed by atoms with van der Waals surface area (Å²) in [6.07, 6.45) is 3.11. The predicted octanol–water partition coefficient (Wildman–Crippen LogP) is 3.29. The zero-order valence-electron chi connectivity index (χ0n) is 17.5. The van der Waals surface area contributed by atoms with E-state index in [1.54, 1.807) is 42.6 Å². The average molecular weight is 421 g/mol. The minimum atomic E-state index is -0.284. The van der Waals surface area contributed by atoms with Gasteiger partial charge in [-0.25, -0.2) is 0 Å². The van der Waals surface area contributed by atoms with Gasteiger partial charge >= 0.3 is 0 Å². The van der Waals surface area contributed by atoms with Crippen molar-refractivity contribution in [3.63, 3.8) is 0 Å². The number of ether oxygens (including phenoxy) is 3. The summed E-state index contributed by atoms with van der Waals surface area (Å²) in [6.45, 7) is 0.312. The van der Waals surface area contributed by atoms with Crippen LogP contribution in [0.4, 0.5) is 5.69 Å². The second-order valence-electron chi connectivity index (χ2n) is 6.49. The normalized spacial score (nSPS) is 10.2. The van der Waals surface area contributed by atoms with E-state index in [4.69, 9.17) is 14.2 Å². The lowest BCUT2D eigenvalue weighted by Crippen LogP contribution is -2.23. The molecule has 0 aliphatic heterocycles. The minimum absolute atomic E-state index is 0.239. The summed E-state index contributed by atoms with van der Waals surface area (Å²) in [5.41, 5.74) is 2.38. The summed E-state index contributed by atoms with van der Waals surface area (Å²) < 4.78 is 15.8. The molecule has 3 aromatic rings. The highest BCUT2D eigenvalue weighted by Crippen LogP contribution is 2.38. The Bertz CT molecular complexity index is 1030. The number of rotatable bonds is 8. The fourth-order valence-corrected chi connectivity index (χ4v) is 2.90. The van der Waals surface area contributed by atoms with Crippen LogP contribution in [-0.4, -0.2) is 38.1 Å². The molecule has 1 heterocycles. The van der Waals surface area contributed by atoms with Gasteiger partial charge in [-0.1, -0.05) is 12.1 Å². The molecule has 0 spiro atoms. The third-order valence-corrected chi connectivity index (χ3v) is 4.52. The summed E-state index contributed by atoms with van der Waals surface area (Å²) >= 11 is 0. The first-order valence-corrected chi connectivity index (χ1v) is 9.44. The molecule has 8 heteroatoms. The van der Waals surface area contributed by atoms with Gasteiger partial charge in [0.2, 0.25) is 5.75 Å². The molecule has 2 N–H and O–H groups in total. The van der Waals surface area contributed by atoms with E-state index in [2.05, 4.69) is 15.6 Å². The van der Waals surface area contributed by atoms with Crippen LogP contribution in [0.15, 0.2) is 60.9 Å². The van der Waals surface area contributed by atoms with Crippen LogP contribution in [-0.2, 0) is 6.54 Å². The monoisotopic (exact) mass is 421 g/mol. The third kappa shape index (κ3) is 5.30. The maximum atomic E-state index is 12.6. The zero-order chi connectivity index (χ0) is 22.2. The number of carbonyl (C=O) groups is 2. The number of hydrogen-bond donors (Lipinski definition) is 2. The third-order valence-electron chi connectivity index (χ3n) is 4.52. The van der Waals surface area contributed by atoms with Crippen LogP contribution in [0.2, 0.25) is 0 Å². The molecule has 0 saturated carbocycles. The highest BCUT2D eigenvalue weighted by molar-refractivity contribution is 6.04. The molecule has 2 amide bonds. The second kappa shape index (κ2) is 10.1. The number of aromatic nitrogens is 1. The Morgan fingerprint density at radius 2 is 1.55 bits per heavy atom. The number of methoxy groups -OCH3 is 3. The number of carbonyl (C=O) groups excluding carboxylic acids is 2. The summed E-state index contributed by atoms with van der Waals surface area (Å²) in [6, 6.07) is 13.8. The number of amides is 2. The summed E-state index contributed by atoms with van der Waals surface area (Å²) in [5.74, 6) is 0.705. The number of hydrogen-bond acceptors (Lipinski definition) is 6. The zero-order valence-corrected chi connectivity index (χ0v) is 17.5. The van der Waals surface area contributed by atoms with E-state index >= 15 is 0 Å². The van der Waals surface area contributed by atoms with Gasteiger partial charge in [0.05, 0.1) is 26.9 Å². The number of nitrogens with zero attached hydrogens (tertiary/aromatic N) is 1. The lowest BCUT2D eigenvalue weighted by Gasteiger charge is -2.14. The molecule has 0 radical (unpaired) electrons. The Labute approximate surface area is 180 Å². The molecule has 0 aliphatic rings. The van der Waals surface area contributed by atoms with Crippen LogP contribution in [0.5, 0.6) is 17.2 Å². The van der Waals surface area contributed by atoms with E-state index in [0.29, 0.717) is 40.6 Å². The van der Waals surface area contributed by atoms with Crippen molar-refractivity contribution in [1.82, 2.24) is 10.3 Å². The lowest BCUT2D eigenvalue weighted by atomic mass is 10.1. The standard InChI is InChI=1S/C23H23N3O5/c1-29-19-11-17(12-20(30-2)21(19)31-3)22(27)25-13-15-6-8-18(9-7-15)26-23(28)16-5-4-10-24-14-16/h4-12,14H,13H2,1-3H3,(H,25,27)(H,26,28). The first-order valence-electron chi connectivity index (χ1n) is 9.44. The van der Waals surface area contributed by atoms with Crippen LogP contribution in [0, 0.1) is 0 Å². The topological polar surface area (TPSA) is 98.8 Å². The van der Waals surface area contributed by atoms with Crippen LogP contribution in [0.3, 0.4) is 0 Å². The van der Waals surface area contributed by atoms with Gasteiger partial charge < -0.3 is 24.8 Å². The van der Waals surface area contributed by atoms with Crippen molar-refractivity contribution in [2.75, 3.05) is 26.6 Å². The molecule has 0 fully saturated rings. The molecule has 3 rings (SSSR count). The van der Waals surface area contributed by atoms with Crippen molar-refractivity contribution in [2.45, 2.75) is 6.54 Å². The Morgan fingerprint density at radius 1 is 0.871 bits per heavy atom. The molecule has 8 nitrogen and oxygen atoms in total. The molecular formula is C23H23N3O5. The average Bonchev–Trinajstić information content (AvgIpc) is 2.82. The Kier molecular flexibility index (Phi) is 7.05. The molecule has 2 aromatic carbocycles. The highest BCUT2D eigenvalue weighted by atomic mass is 16.5. The number of nitrogens with one attached hydrogen (secondary N) is 2. The van der Waals surface area contributed by atoms with Gasteiger partial charge in [0.1, 0.15) is 0 Å². The predicted molar refractivity (Wildman–Crippen MR) is 116 cm³/mol. The Balaban J connectivity index is 1.62. The molecule has 1 aromatic heterocycles. The van der Waals surface area contributed by atoms with E-state index in [9.17, 15) is 9.59 Å². The van der Waals surface area contributed by atoms with Crippen LogP contribution < -0.4 is 24.8 Å². The molecule has 0 unspecified atom stereocenters. The van der Waals surface area contributed by atoms with Gasteiger partial charge in [-0.2, -0.15) is 0 Å². The fraction of sp³-hybridized carbons (Fsp3) is 0.174. The van der Waals surface area contributed by atoms with Gasteiger partial charge in [0.25, 0.3) is 11.8 Å². The fourth-order valence-electron chi connectivity index (χ4n) is 2.90. The van der Waals surface area contributed by atoms with Crippen LogP contribution >= 0.6 is 0 Å². The SMILES string of the molecule is COc1cc(C(=O)NCc2ccc(NC(=O)c3cccnc3)cc2)cc(OC)c1OC. The van der Waals surface area contributed by atoms with E-state index in [1.165, 1.54) is 27.5 Å². The van der Waals surface area contributed by atoms with Gasteiger partial charge in [0, 0.05) is 30.2 Å². The summed E-state index contributed by atoms with van der Waals surface area (Å²) in [5, 5.41) is 5.66. The molecule has 0 saturated heterocycles. The summed E-state index contributed by atoms with van der Waals surface area (Å²) in [4.78, 5) is 28.7. The molecule has 160 valence electrons. The molecule has 0 bridgehead atoms. The van der Waals surface area contributed by atoms with E-state index < -0.39 is 0 Å². The highest BCUT2D eigenvalue weighted by Gasteiger charge is 2.17. The first kappa shape index (κ1) is 21.6. The van der Waals surface area contributed by atoms with Crippen molar-refractivity contribution in [3.8, 4) is 17.2 Å². The number of benzene rings is 2. The minimum Gasteiger partial charge on any atom is -0.493 e. The molecule has 0 atom stereocenters. The molecular weight excluding hydrogens is 398 g/mol. The lowest BCUT2D eigenvalue weighted by molar-refractivity contribution is 0.0949.